The van der Waals surface area contributed by atoms with Crippen LogP contribution in [-0.2, 0) is 18.2 Å². The first kappa shape index (κ1) is 20.6. The van der Waals surface area contributed by atoms with Gasteiger partial charge in [-0.3, -0.25) is 9.48 Å². The van der Waals surface area contributed by atoms with Crippen LogP contribution in [0.1, 0.15) is 34.6 Å². The number of carbonyl (C=O) groups is 1. The van der Waals surface area contributed by atoms with Gasteiger partial charge in [-0.05, 0) is 19.1 Å². The molecule has 2 atom stereocenters. The molecule has 1 heterocycles. The number of halogens is 4. The molecule has 2 rings (SSSR count). The summed E-state index contributed by atoms with van der Waals surface area (Å²) in [6.07, 6.45) is -2.31. The molecule has 0 bridgehead atoms. The molecular weight excluding hydrogens is 387 g/mol. The summed E-state index contributed by atoms with van der Waals surface area (Å²) >= 11 is 12.1. The van der Waals surface area contributed by atoms with Gasteiger partial charge in [0.15, 0.2) is 0 Å². The van der Waals surface area contributed by atoms with Crippen LogP contribution in [-0.4, -0.2) is 35.3 Å². The lowest BCUT2D eigenvalue weighted by Crippen LogP contribution is -2.38. The van der Waals surface area contributed by atoms with Crippen molar-refractivity contribution in [2.24, 2.45) is 7.05 Å². The molecule has 0 spiro atoms. The zero-order valence-corrected chi connectivity index (χ0v) is 16.0. The highest BCUT2D eigenvalue weighted by molar-refractivity contribution is 6.35. The molecule has 0 saturated heterocycles. The van der Waals surface area contributed by atoms with Crippen molar-refractivity contribution in [2.75, 3.05) is 7.11 Å². The Morgan fingerprint density at radius 1 is 1.38 bits per heavy atom. The Morgan fingerprint density at radius 2 is 2.08 bits per heavy atom. The quantitative estimate of drug-likeness (QED) is 0.755. The predicted octanol–water partition coefficient (Wildman–Crippen LogP) is 4.04. The predicted molar refractivity (Wildman–Crippen MR) is 96.1 cm³/mol. The van der Waals surface area contributed by atoms with E-state index in [0.29, 0.717) is 15.6 Å². The number of hydrogen-bond acceptors (Lipinski definition) is 3. The Labute approximate surface area is 160 Å². The number of carbonyl (C=O) groups excluding carboxylic acids is 1. The Bertz CT molecular complexity index is 783. The van der Waals surface area contributed by atoms with Crippen molar-refractivity contribution in [1.82, 2.24) is 15.1 Å². The summed E-state index contributed by atoms with van der Waals surface area (Å²) in [4.78, 5) is 12.5. The first-order chi connectivity index (χ1) is 12.2. The van der Waals surface area contributed by atoms with Crippen LogP contribution in [0.25, 0.3) is 0 Å². The van der Waals surface area contributed by atoms with Crippen LogP contribution in [0, 0.1) is 0 Å². The summed E-state index contributed by atoms with van der Waals surface area (Å²) in [5.41, 5.74) is 0.813. The third-order valence-corrected chi connectivity index (χ3v) is 4.40. The molecule has 2 unspecified atom stereocenters. The second kappa shape index (κ2) is 8.79. The fourth-order valence-corrected chi connectivity index (χ4v) is 3.23. The standard InChI is InChI=1S/C17H19Cl2F2N3O2/c1-9(16(26-3)11-5-4-10(18)6-13(11)19)22-17(25)12-8-24(2)23-14(12)7-15(20)21/h4-6,8-9,15-16H,7H2,1-3H3,(H,22,25). The second-order valence-electron chi connectivity index (χ2n) is 5.84. The van der Waals surface area contributed by atoms with Crippen molar-refractivity contribution in [3.05, 3.63) is 51.3 Å². The SMILES string of the molecule is COC(c1ccc(Cl)cc1Cl)C(C)NC(=O)c1cn(C)nc1CC(F)F. The van der Waals surface area contributed by atoms with E-state index in [4.69, 9.17) is 27.9 Å². The highest BCUT2D eigenvalue weighted by Gasteiger charge is 2.26. The lowest BCUT2D eigenvalue weighted by molar-refractivity contribution is 0.0644. The van der Waals surface area contributed by atoms with Gasteiger partial charge in [-0.25, -0.2) is 8.78 Å². The van der Waals surface area contributed by atoms with E-state index >= 15 is 0 Å². The van der Waals surface area contributed by atoms with Crippen LogP contribution in [0.2, 0.25) is 10.0 Å². The number of aryl methyl sites for hydroxylation is 1. The molecule has 0 aliphatic heterocycles. The summed E-state index contributed by atoms with van der Waals surface area (Å²) in [7, 11) is 3.06. The van der Waals surface area contributed by atoms with E-state index in [0.717, 1.165) is 0 Å². The van der Waals surface area contributed by atoms with E-state index in [1.54, 1.807) is 32.2 Å². The summed E-state index contributed by atoms with van der Waals surface area (Å²) in [5, 5.41) is 7.59. The highest BCUT2D eigenvalue weighted by Crippen LogP contribution is 2.30. The molecule has 1 N–H and O–H groups in total. The lowest BCUT2D eigenvalue weighted by Gasteiger charge is -2.25. The zero-order chi connectivity index (χ0) is 19.4. The number of ether oxygens (including phenoxy) is 1. The Hall–Kier alpha value is -1.70. The summed E-state index contributed by atoms with van der Waals surface area (Å²) in [6, 6.07) is 4.49. The van der Waals surface area contributed by atoms with Crippen molar-refractivity contribution in [2.45, 2.75) is 31.9 Å². The number of aromatic nitrogens is 2. The van der Waals surface area contributed by atoms with Gasteiger partial charge in [0.1, 0.15) is 6.10 Å². The molecule has 9 heteroatoms. The Kier molecular flexibility index (Phi) is 6.97. The van der Waals surface area contributed by atoms with Gasteiger partial charge in [-0.15, -0.1) is 0 Å². The number of methoxy groups -OCH3 is 1. The molecular formula is C17H19Cl2F2N3O2. The monoisotopic (exact) mass is 405 g/mol. The number of rotatable bonds is 7. The maximum absolute atomic E-state index is 12.7. The van der Waals surface area contributed by atoms with Gasteiger partial charge < -0.3 is 10.1 Å². The molecule has 2 aromatic rings. The van der Waals surface area contributed by atoms with Crippen molar-refractivity contribution < 1.29 is 18.3 Å². The van der Waals surface area contributed by atoms with Crippen molar-refractivity contribution in [3.63, 3.8) is 0 Å². The van der Waals surface area contributed by atoms with Gasteiger partial charge in [0.25, 0.3) is 5.91 Å². The van der Waals surface area contributed by atoms with Crippen molar-refractivity contribution >= 4 is 29.1 Å². The summed E-state index contributed by atoms with van der Waals surface area (Å²) in [5.74, 6) is -0.506. The molecule has 142 valence electrons. The van der Waals surface area contributed by atoms with Crippen LogP contribution < -0.4 is 5.32 Å². The fourth-order valence-electron chi connectivity index (χ4n) is 2.71. The first-order valence-corrected chi connectivity index (χ1v) is 8.57. The number of nitrogens with zero attached hydrogens (tertiary/aromatic N) is 2. The third kappa shape index (κ3) is 4.93. The molecule has 0 radical (unpaired) electrons. The van der Waals surface area contributed by atoms with Crippen LogP contribution in [0.5, 0.6) is 0 Å². The van der Waals surface area contributed by atoms with Gasteiger partial charge in [0.05, 0.1) is 23.7 Å². The molecule has 1 amide bonds. The minimum atomic E-state index is -2.59. The molecule has 5 nitrogen and oxygen atoms in total. The molecule has 1 aromatic heterocycles. The molecule has 0 fully saturated rings. The highest BCUT2D eigenvalue weighted by atomic mass is 35.5. The van der Waals surface area contributed by atoms with E-state index in [1.807, 2.05) is 0 Å². The number of hydrogen-bond donors (Lipinski definition) is 1. The number of nitrogens with one attached hydrogen (secondary N) is 1. The third-order valence-electron chi connectivity index (χ3n) is 3.83. The normalized spacial score (nSPS) is 13.7. The topological polar surface area (TPSA) is 56.1 Å². The maximum Gasteiger partial charge on any atom is 0.255 e. The average Bonchev–Trinajstić information content (AvgIpc) is 2.89. The largest absolute Gasteiger partial charge is 0.375 e. The van der Waals surface area contributed by atoms with E-state index in [1.165, 1.54) is 18.0 Å². The van der Waals surface area contributed by atoms with Gasteiger partial charge in [0.2, 0.25) is 6.43 Å². The van der Waals surface area contributed by atoms with Gasteiger partial charge >= 0.3 is 0 Å². The number of alkyl halides is 2. The second-order valence-corrected chi connectivity index (χ2v) is 6.69. The van der Waals surface area contributed by atoms with Crippen LogP contribution in [0.3, 0.4) is 0 Å². The summed E-state index contributed by atoms with van der Waals surface area (Å²) < 4.78 is 32.2. The van der Waals surface area contributed by atoms with Crippen LogP contribution >= 0.6 is 23.2 Å². The van der Waals surface area contributed by atoms with Gasteiger partial charge in [-0.2, -0.15) is 5.10 Å². The van der Waals surface area contributed by atoms with Crippen molar-refractivity contribution in [1.29, 1.82) is 0 Å². The van der Waals surface area contributed by atoms with Crippen LogP contribution in [0.15, 0.2) is 24.4 Å². The molecule has 26 heavy (non-hydrogen) atoms. The van der Waals surface area contributed by atoms with E-state index in [-0.39, 0.29) is 11.3 Å². The van der Waals surface area contributed by atoms with E-state index in [9.17, 15) is 13.6 Å². The van der Waals surface area contributed by atoms with E-state index < -0.39 is 30.9 Å². The number of amides is 1. The van der Waals surface area contributed by atoms with Crippen LogP contribution in [0.4, 0.5) is 8.78 Å². The molecule has 1 aromatic carbocycles. The molecule has 0 saturated carbocycles. The zero-order valence-electron chi connectivity index (χ0n) is 14.5. The maximum atomic E-state index is 12.7. The van der Waals surface area contributed by atoms with Gasteiger partial charge in [0, 0.05) is 36.0 Å². The van der Waals surface area contributed by atoms with Crippen molar-refractivity contribution in [3.8, 4) is 0 Å². The average molecular weight is 406 g/mol. The molecule has 0 aliphatic carbocycles. The first-order valence-electron chi connectivity index (χ1n) is 7.82. The van der Waals surface area contributed by atoms with E-state index in [2.05, 4.69) is 10.4 Å². The lowest BCUT2D eigenvalue weighted by atomic mass is 10.0. The fraction of sp³-hybridized carbons (Fsp3) is 0.412. The minimum absolute atomic E-state index is 0.0469. The summed E-state index contributed by atoms with van der Waals surface area (Å²) in [6.45, 7) is 1.74. The Morgan fingerprint density at radius 3 is 2.65 bits per heavy atom. The minimum Gasteiger partial charge on any atom is -0.375 e. The Balaban J connectivity index is 2.19. The number of benzene rings is 1. The van der Waals surface area contributed by atoms with Gasteiger partial charge in [-0.1, -0.05) is 29.3 Å². The molecule has 0 aliphatic rings. The smallest absolute Gasteiger partial charge is 0.255 e.